The summed E-state index contributed by atoms with van der Waals surface area (Å²) in [6.45, 7) is 0.868. The number of tetrazole rings is 1. The van der Waals surface area contributed by atoms with Crippen molar-refractivity contribution in [1.82, 2.24) is 30.2 Å². The summed E-state index contributed by atoms with van der Waals surface area (Å²) in [7, 11) is 0. The summed E-state index contributed by atoms with van der Waals surface area (Å²) in [4.78, 5) is 4.35. The number of aromatic nitrogens is 6. The third-order valence-electron chi connectivity index (χ3n) is 3.27. The van der Waals surface area contributed by atoms with Gasteiger partial charge in [-0.25, -0.2) is 4.98 Å². The van der Waals surface area contributed by atoms with Gasteiger partial charge < -0.3 is 15.0 Å². The fourth-order valence-corrected chi connectivity index (χ4v) is 2.15. The number of H-pyrrole nitrogens is 1. The first-order valence-corrected chi connectivity index (χ1v) is 6.98. The average Bonchev–Trinajstić information content (AvgIpc) is 3.23. The number of anilines is 1. The maximum Gasteiger partial charge on any atom is 0.216 e. The molecule has 2 aromatic heterocycles. The monoisotopic (exact) mass is 310 g/mol. The highest BCUT2D eigenvalue weighted by molar-refractivity contribution is 5.81. The zero-order valence-corrected chi connectivity index (χ0v) is 12.1. The predicted molar refractivity (Wildman–Crippen MR) is 82.8 cm³/mol. The van der Waals surface area contributed by atoms with Crippen molar-refractivity contribution in [2.45, 2.75) is 13.0 Å². The van der Waals surface area contributed by atoms with Crippen molar-refractivity contribution in [2.24, 2.45) is 0 Å². The van der Waals surface area contributed by atoms with Gasteiger partial charge in [-0.15, -0.1) is 10.2 Å². The number of imidazole rings is 1. The van der Waals surface area contributed by atoms with Crippen LogP contribution in [0, 0.1) is 11.3 Å². The van der Waals surface area contributed by atoms with E-state index in [9.17, 15) is 0 Å². The molecular weight excluding hydrogens is 296 g/mol. The molecule has 9 heteroatoms. The number of aliphatic hydroxyl groups excluding tert-OH is 1. The number of aliphatic hydroxyl groups is 1. The molecule has 0 bridgehead atoms. The van der Waals surface area contributed by atoms with E-state index in [4.69, 9.17) is 10.4 Å². The zero-order chi connectivity index (χ0) is 16.1. The number of hydrogen-bond acceptors (Lipinski definition) is 7. The second kappa shape index (κ2) is 6.67. The minimum atomic E-state index is 0.150. The molecule has 0 aliphatic carbocycles. The van der Waals surface area contributed by atoms with Crippen LogP contribution in [-0.4, -0.2) is 41.9 Å². The first kappa shape index (κ1) is 14.7. The molecule has 3 rings (SSSR count). The number of nitrogens with zero attached hydrogens (tertiary/aromatic N) is 6. The fraction of sp³-hybridized carbons (Fsp3) is 0.214. The number of benzene rings is 1. The highest BCUT2D eigenvalue weighted by Crippen LogP contribution is 2.19. The minimum absolute atomic E-state index is 0.150. The van der Waals surface area contributed by atoms with E-state index in [1.165, 1.54) is 6.20 Å². The van der Waals surface area contributed by atoms with Crippen molar-refractivity contribution in [3.63, 3.8) is 0 Å². The summed E-state index contributed by atoms with van der Waals surface area (Å²) >= 11 is 0. The first-order valence-electron chi connectivity index (χ1n) is 6.98. The smallest absolute Gasteiger partial charge is 0.216 e. The van der Waals surface area contributed by atoms with Crippen LogP contribution in [0.1, 0.15) is 12.2 Å². The highest BCUT2D eigenvalue weighted by Gasteiger charge is 2.06. The minimum Gasteiger partial charge on any atom is -0.396 e. The maximum atomic E-state index is 9.12. The van der Waals surface area contributed by atoms with Gasteiger partial charge in [0.15, 0.2) is 0 Å². The van der Waals surface area contributed by atoms with Gasteiger partial charge in [-0.05, 0) is 29.8 Å². The first-order chi connectivity index (χ1) is 11.3. The van der Waals surface area contributed by atoms with Crippen LogP contribution in [0.25, 0.3) is 16.6 Å². The van der Waals surface area contributed by atoms with E-state index >= 15 is 0 Å². The van der Waals surface area contributed by atoms with Crippen LogP contribution in [0.4, 0.5) is 5.69 Å². The van der Waals surface area contributed by atoms with E-state index in [1.807, 2.05) is 28.8 Å². The van der Waals surface area contributed by atoms with Crippen LogP contribution >= 0.6 is 0 Å². The molecule has 0 amide bonds. The summed E-state index contributed by atoms with van der Waals surface area (Å²) in [5.41, 5.74) is 2.89. The Morgan fingerprint density at radius 3 is 3.13 bits per heavy atom. The van der Waals surface area contributed by atoms with Crippen LogP contribution in [0.15, 0.2) is 30.7 Å². The number of hydrogen-bond donors (Lipinski definition) is 3. The molecule has 0 radical (unpaired) electrons. The molecule has 0 saturated carbocycles. The van der Waals surface area contributed by atoms with Gasteiger partial charge in [-0.1, -0.05) is 0 Å². The van der Waals surface area contributed by atoms with Gasteiger partial charge in [-0.3, -0.25) is 0 Å². The zero-order valence-electron chi connectivity index (χ0n) is 12.1. The largest absolute Gasteiger partial charge is 0.396 e. The molecule has 0 aliphatic rings. The molecule has 0 unspecified atom stereocenters. The van der Waals surface area contributed by atoms with E-state index in [-0.39, 0.29) is 18.0 Å². The average molecular weight is 310 g/mol. The SMILES string of the molecule is N#CC(=CNc1ccc2c(c1)ncn2CCCO)c1nn[nH]n1. The van der Waals surface area contributed by atoms with Gasteiger partial charge in [0.05, 0.1) is 17.4 Å². The van der Waals surface area contributed by atoms with Crippen LogP contribution in [0.3, 0.4) is 0 Å². The molecule has 0 atom stereocenters. The van der Waals surface area contributed by atoms with Gasteiger partial charge in [0.1, 0.15) is 11.6 Å². The van der Waals surface area contributed by atoms with Gasteiger partial charge in [0.25, 0.3) is 0 Å². The molecule has 2 heterocycles. The lowest BCUT2D eigenvalue weighted by atomic mass is 10.2. The number of nitriles is 1. The molecule has 0 aliphatic heterocycles. The Labute approximate surface area is 131 Å². The van der Waals surface area contributed by atoms with Crippen molar-refractivity contribution in [3.05, 3.63) is 36.6 Å². The molecule has 0 fully saturated rings. The fourth-order valence-electron chi connectivity index (χ4n) is 2.15. The Kier molecular flexibility index (Phi) is 4.26. The lowest BCUT2D eigenvalue weighted by Crippen LogP contribution is -1.98. The third-order valence-corrected chi connectivity index (χ3v) is 3.27. The van der Waals surface area contributed by atoms with E-state index in [1.54, 1.807) is 6.33 Å². The van der Waals surface area contributed by atoms with Crippen LogP contribution < -0.4 is 5.32 Å². The highest BCUT2D eigenvalue weighted by atomic mass is 16.3. The Bertz CT molecular complexity index is 859. The summed E-state index contributed by atoms with van der Waals surface area (Å²) in [6, 6.07) is 7.72. The summed E-state index contributed by atoms with van der Waals surface area (Å²) < 4.78 is 1.99. The standard InChI is InChI=1S/C14H14N8O/c15-7-10(14-18-20-21-19-14)8-16-11-2-3-13-12(6-11)17-9-22(13)4-1-5-23/h2-3,6,8-9,16,23H,1,4-5H2,(H,18,19,20,21). The molecule has 3 N–H and O–H groups in total. The number of aryl methyl sites for hydroxylation is 1. The molecule has 3 aromatic rings. The third kappa shape index (κ3) is 3.17. The second-order valence-electron chi connectivity index (χ2n) is 4.77. The van der Waals surface area contributed by atoms with Crippen LogP contribution in [-0.2, 0) is 6.54 Å². The van der Waals surface area contributed by atoms with E-state index in [0.29, 0.717) is 6.42 Å². The van der Waals surface area contributed by atoms with Gasteiger partial charge in [0.2, 0.25) is 5.82 Å². The Hall–Kier alpha value is -3.25. The van der Waals surface area contributed by atoms with Gasteiger partial charge in [0, 0.05) is 25.0 Å². The summed E-state index contributed by atoms with van der Waals surface area (Å²) in [5, 5.41) is 34.3. The lowest BCUT2D eigenvalue weighted by molar-refractivity contribution is 0.280. The van der Waals surface area contributed by atoms with Crippen molar-refractivity contribution in [2.75, 3.05) is 11.9 Å². The van der Waals surface area contributed by atoms with Crippen LogP contribution in [0.2, 0.25) is 0 Å². The summed E-state index contributed by atoms with van der Waals surface area (Å²) in [5.74, 6) is 0.231. The molecular formula is C14H14N8O. The molecule has 1 aromatic carbocycles. The second-order valence-corrected chi connectivity index (χ2v) is 4.77. The summed E-state index contributed by atoms with van der Waals surface area (Å²) in [6.07, 6.45) is 3.96. The van der Waals surface area contributed by atoms with E-state index < -0.39 is 0 Å². The number of nitrogens with one attached hydrogen (secondary N) is 2. The van der Waals surface area contributed by atoms with Gasteiger partial charge in [-0.2, -0.15) is 10.5 Å². The van der Waals surface area contributed by atoms with Crippen molar-refractivity contribution >= 4 is 22.3 Å². The molecule has 0 saturated heterocycles. The number of fused-ring (bicyclic) bond motifs is 1. The van der Waals surface area contributed by atoms with Crippen LogP contribution in [0.5, 0.6) is 0 Å². The Morgan fingerprint density at radius 1 is 1.48 bits per heavy atom. The van der Waals surface area contributed by atoms with Crippen molar-refractivity contribution < 1.29 is 5.11 Å². The maximum absolute atomic E-state index is 9.12. The number of allylic oxidation sites excluding steroid dienone is 1. The number of aromatic amines is 1. The predicted octanol–water partition coefficient (Wildman–Crippen LogP) is 0.908. The molecule has 0 spiro atoms. The molecule has 23 heavy (non-hydrogen) atoms. The lowest BCUT2D eigenvalue weighted by Gasteiger charge is -2.04. The Balaban J connectivity index is 1.80. The van der Waals surface area contributed by atoms with E-state index in [2.05, 4.69) is 30.9 Å². The van der Waals surface area contributed by atoms with Gasteiger partial charge >= 0.3 is 0 Å². The van der Waals surface area contributed by atoms with E-state index in [0.717, 1.165) is 23.3 Å². The quantitative estimate of drug-likeness (QED) is 0.577. The Morgan fingerprint density at radius 2 is 2.39 bits per heavy atom. The van der Waals surface area contributed by atoms with Crippen molar-refractivity contribution in [1.29, 1.82) is 5.26 Å². The normalized spacial score (nSPS) is 11.6. The van der Waals surface area contributed by atoms with Crippen molar-refractivity contribution in [3.8, 4) is 6.07 Å². The topological polar surface area (TPSA) is 128 Å². The molecule has 116 valence electrons. The molecule has 9 nitrogen and oxygen atoms in total. The number of rotatable bonds is 6.